The first-order valence-corrected chi connectivity index (χ1v) is 13.7. The fourth-order valence-electron chi connectivity index (χ4n) is 4.57. The van der Waals surface area contributed by atoms with E-state index in [4.69, 9.17) is 37.9 Å². The predicted octanol–water partition coefficient (Wildman–Crippen LogP) is -3.76. The highest BCUT2D eigenvalue weighted by Gasteiger charge is 2.55. The Labute approximate surface area is 261 Å². The number of esters is 6. The van der Waals surface area contributed by atoms with Gasteiger partial charge in [0.1, 0.15) is 0 Å². The van der Waals surface area contributed by atoms with Gasteiger partial charge in [0.05, 0.1) is 0 Å². The zero-order valence-corrected chi connectivity index (χ0v) is 25.6. The fourth-order valence-corrected chi connectivity index (χ4v) is 4.57. The summed E-state index contributed by atoms with van der Waals surface area (Å²) in [6.45, 7) is 5.22. The molecule has 2 unspecified atom stereocenters. The van der Waals surface area contributed by atoms with Gasteiger partial charge in [0.15, 0.2) is 61.4 Å². The summed E-state index contributed by atoms with van der Waals surface area (Å²) in [4.78, 5) is 96.2. The van der Waals surface area contributed by atoms with Crippen LogP contribution in [-0.2, 0) is 76.3 Å². The van der Waals surface area contributed by atoms with E-state index in [2.05, 4.69) is 10.6 Å². The minimum atomic E-state index is -2.00. The standard InChI is InChI=1S/C26H36N2O18/c1-9(29)39-15-17(41-11(3)31)21(43-13(5)33)25(37)45-19(15)23(35)27-7-8-28-24(36)20-16(40-10(2)30)18(42-12(4)32)22(26(38)46-20)44-14(6)34/h15-22,25-26,37-38H,7-8H2,1-6H3,(H,27,35)(H,28,36)/t15-,16-,17-,18-,19-,20-,21+,22+,25?,26?/m0/s1. The first-order chi connectivity index (χ1) is 21.4. The average Bonchev–Trinajstić information content (AvgIpc) is 2.91. The Morgan fingerprint density at radius 3 is 0.957 bits per heavy atom. The summed E-state index contributed by atoms with van der Waals surface area (Å²) in [5.41, 5.74) is 0. The van der Waals surface area contributed by atoms with Crippen LogP contribution < -0.4 is 10.6 Å². The minimum Gasteiger partial charge on any atom is -0.455 e. The molecule has 2 saturated heterocycles. The van der Waals surface area contributed by atoms with Crippen LogP contribution in [0.3, 0.4) is 0 Å². The molecular weight excluding hydrogens is 628 g/mol. The molecule has 0 saturated carbocycles. The quantitative estimate of drug-likeness (QED) is 0.0937. The molecule has 0 bridgehead atoms. The topological polar surface area (TPSA) is 275 Å². The van der Waals surface area contributed by atoms with E-state index in [1.807, 2.05) is 0 Å². The van der Waals surface area contributed by atoms with Crippen molar-refractivity contribution in [1.29, 1.82) is 0 Å². The zero-order chi connectivity index (χ0) is 34.9. The third kappa shape index (κ3) is 10.6. The van der Waals surface area contributed by atoms with E-state index in [9.17, 15) is 48.6 Å². The SMILES string of the molecule is CC(=O)O[C@H]1[C@H](OC(C)=O)[C@@H](OC(C)=O)C(O)O[C@@H]1C(=O)NCCNC(=O)[C@H]1OC(O)[C@H](OC(C)=O)[C@@H](OC(C)=O)[C@@H]1OC(C)=O. The van der Waals surface area contributed by atoms with Crippen molar-refractivity contribution in [3.8, 4) is 0 Å². The van der Waals surface area contributed by atoms with E-state index >= 15 is 0 Å². The smallest absolute Gasteiger partial charge is 0.303 e. The van der Waals surface area contributed by atoms with E-state index in [-0.39, 0.29) is 13.1 Å². The molecule has 0 aliphatic carbocycles. The molecule has 20 nitrogen and oxygen atoms in total. The Kier molecular flexibility index (Phi) is 13.8. The van der Waals surface area contributed by atoms with Gasteiger partial charge in [-0.2, -0.15) is 0 Å². The molecule has 2 heterocycles. The van der Waals surface area contributed by atoms with Crippen molar-refractivity contribution < 1.29 is 86.5 Å². The molecule has 10 atom stereocenters. The largest absolute Gasteiger partial charge is 0.455 e. The molecule has 2 amide bonds. The lowest BCUT2D eigenvalue weighted by Gasteiger charge is -2.42. The Bertz CT molecular complexity index is 1100. The first-order valence-electron chi connectivity index (χ1n) is 13.7. The summed E-state index contributed by atoms with van der Waals surface area (Å²) in [6.07, 6.45) is -17.6. The van der Waals surface area contributed by atoms with Crippen LogP contribution in [0.25, 0.3) is 0 Å². The molecule has 0 spiro atoms. The van der Waals surface area contributed by atoms with Gasteiger partial charge in [-0.05, 0) is 0 Å². The number of rotatable bonds is 11. The second-order valence-corrected chi connectivity index (χ2v) is 9.92. The first kappa shape index (κ1) is 37.8. The molecule has 2 aliphatic heterocycles. The van der Waals surface area contributed by atoms with Crippen molar-refractivity contribution in [2.75, 3.05) is 13.1 Å². The van der Waals surface area contributed by atoms with E-state index in [1.54, 1.807) is 0 Å². The van der Waals surface area contributed by atoms with Crippen LogP contribution in [0.5, 0.6) is 0 Å². The Hall–Kier alpha value is -4.40. The van der Waals surface area contributed by atoms with Crippen molar-refractivity contribution in [3.05, 3.63) is 0 Å². The predicted molar refractivity (Wildman–Crippen MR) is 141 cm³/mol. The number of aliphatic hydroxyl groups excluding tert-OH is 2. The molecule has 2 fully saturated rings. The van der Waals surface area contributed by atoms with Crippen LogP contribution in [0.2, 0.25) is 0 Å². The highest BCUT2D eigenvalue weighted by atomic mass is 16.7. The maximum absolute atomic E-state index is 13.0. The van der Waals surface area contributed by atoms with Gasteiger partial charge in [-0.15, -0.1) is 0 Å². The van der Waals surface area contributed by atoms with Crippen LogP contribution in [-0.4, -0.2) is 132 Å². The number of carbonyl (C=O) groups excluding carboxylic acids is 8. The lowest BCUT2D eigenvalue weighted by molar-refractivity contribution is -0.286. The third-order valence-electron chi connectivity index (χ3n) is 6.08. The molecule has 2 aliphatic rings. The van der Waals surface area contributed by atoms with Gasteiger partial charge < -0.3 is 58.7 Å². The van der Waals surface area contributed by atoms with Gasteiger partial charge in [-0.3, -0.25) is 38.4 Å². The number of hydrogen-bond donors (Lipinski definition) is 4. The van der Waals surface area contributed by atoms with Gasteiger partial charge in [0, 0.05) is 54.6 Å². The molecular formula is C26H36N2O18. The Morgan fingerprint density at radius 1 is 0.457 bits per heavy atom. The monoisotopic (exact) mass is 664 g/mol. The highest BCUT2D eigenvalue weighted by Crippen LogP contribution is 2.29. The van der Waals surface area contributed by atoms with Crippen molar-refractivity contribution in [1.82, 2.24) is 10.6 Å². The number of hydrogen-bond acceptors (Lipinski definition) is 18. The molecule has 0 aromatic rings. The van der Waals surface area contributed by atoms with Crippen LogP contribution >= 0.6 is 0 Å². The zero-order valence-electron chi connectivity index (χ0n) is 25.6. The molecule has 0 aromatic carbocycles. The summed E-state index contributed by atoms with van der Waals surface area (Å²) in [5, 5.41) is 25.5. The number of amides is 2. The molecule has 258 valence electrons. The third-order valence-corrected chi connectivity index (χ3v) is 6.08. The van der Waals surface area contributed by atoms with E-state index in [0.717, 1.165) is 41.5 Å². The van der Waals surface area contributed by atoms with Gasteiger partial charge in [0.2, 0.25) is 0 Å². The number of nitrogens with one attached hydrogen (secondary N) is 2. The molecule has 4 N–H and O–H groups in total. The molecule has 2 rings (SSSR count). The van der Waals surface area contributed by atoms with Crippen molar-refractivity contribution in [2.45, 2.75) is 103 Å². The lowest BCUT2D eigenvalue weighted by atomic mass is 9.97. The van der Waals surface area contributed by atoms with Gasteiger partial charge in [-0.25, -0.2) is 0 Å². The summed E-state index contributed by atoms with van der Waals surface area (Å²) < 4.78 is 40.8. The van der Waals surface area contributed by atoms with Gasteiger partial charge >= 0.3 is 35.8 Å². The van der Waals surface area contributed by atoms with E-state index in [1.165, 1.54) is 0 Å². The number of carbonyl (C=O) groups is 8. The molecule has 0 radical (unpaired) electrons. The second-order valence-electron chi connectivity index (χ2n) is 9.92. The van der Waals surface area contributed by atoms with Crippen LogP contribution in [0.15, 0.2) is 0 Å². The van der Waals surface area contributed by atoms with E-state index < -0.39 is 109 Å². The van der Waals surface area contributed by atoms with Crippen molar-refractivity contribution >= 4 is 47.6 Å². The maximum atomic E-state index is 13.0. The van der Waals surface area contributed by atoms with Gasteiger partial charge in [-0.1, -0.05) is 0 Å². The van der Waals surface area contributed by atoms with Crippen molar-refractivity contribution in [3.63, 3.8) is 0 Å². The Morgan fingerprint density at radius 2 is 0.696 bits per heavy atom. The fraction of sp³-hybridized carbons (Fsp3) is 0.692. The Balaban J connectivity index is 2.16. The van der Waals surface area contributed by atoms with Crippen LogP contribution in [0.1, 0.15) is 41.5 Å². The minimum absolute atomic E-state index is 0.351. The van der Waals surface area contributed by atoms with Crippen molar-refractivity contribution in [2.24, 2.45) is 0 Å². The lowest BCUT2D eigenvalue weighted by Crippen LogP contribution is -2.65. The normalized spacial score (nSPS) is 30.4. The van der Waals surface area contributed by atoms with E-state index in [0.29, 0.717) is 0 Å². The summed E-state index contributed by atoms with van der Waals surface area (Å²) in [5.74, 6) is -7.56. The van der Waals surface area contributed by atoms with Crippen LogP contribution in [0, 0.1) is 0 Å². The molecule has 0 aromatic heterocycles. The summed E-state index contributed by atoms with van der Waals surface area (Å²) >= 11 is 0. The van der Waals surface area contributed by atoms with Gasteiger partial charge in [0.25, 0.3) is 11.8 Å². The maximum Gasteiger partial charge on any atom is 0.303 e. The average molecular weight is 665 g/mol. The number of aliphatic hydroxyl groups is 2. The molecule has 20 heteroatoms. The second kappa shape index (κ2) is 16.8. The molecule has 46 heavy (non-hydrogen) atoms. The highest BCUT2D eigenvalue weighted by molar-refractivity contribution is 5.84. The summed E-state index contributed by atoms with van der Waals surface area (Å²) in [6, 6.07) is 0. The number of ether oxygens (including phenoxy) is 8. The van der Waals surface area contributed by atoms with Crippen LogP contribution in [0.4, 0.5) is 0 Å². The summed E-state index contributed by atoms with van der Waals surface area (Å²) in [7, 11) is 0.